The van der Waals surface area contributed by atoms with Gasteiger partial charge >= 0.3 is 0 Å². The van der Waals surface area contributed by atoms with Gasteiger partial charge in [-0.1, -0.05) is 12.1 Å². The summed E-state index contributed by atoms with van der Waals surface area (Å²) in [5, 5.41) is 10.00. The number of aliphatic hydroxyl groups is 1. The van der Waals surface area contributed by atoms with Gasteiger partial charge in [0, 0.05) is 13.0 Å². The van der Waals surface area contributed by atoms with Crippen LogP contribution >= 0.6 is 0 Å². The first-order valence-corrected chi connectivity index (χ1v) is 4.27. The summed E-state index contributed by atoms with van der Waals surface area (Å²) in [6.45, 7) is 0.795. The quantitative estimate of drug-likeness (QED) is 0.712. The van der Waals surface area contributed by atoms with Crippen LogP contribution in [0.3, 0.4) is 0 Å². The molecule has 2 rings (SSSR count). The van der Waals surface area contributed by atoms with Crippen LogP contribution in [0.1, 0.15) is 12.0 Å². The van der Waals surface area contributed by atoms with Crippen molar-refractivity contribution >= 4 is 0 Å². The zero-order chi connectivity index (χ0) is 9.31. The molecule has 70 valence electrons. The van der Waals surface area contributed by atoms with Gasteiger partial charge in [-0.2, -0.15) is 0 Å². The number of halogens is 1. The molecule has 1 N–H and O–H groups in total. The Labute approximate surface area is 76.0 Å². The molecule has 1 fully saturated rings. The molecule has 0 aromatic heterocycles. The lowest BCUT2D eigenvalue weighted by Crippen LogP contribution is -2.25. The fourth-order valence-corrected chi connectivity index (χ4v) is 1.56. The first-order chi connectivity index (χ1) is 6.21. The van der Waals surface area contributed by atoms with Gasteiger partial charge < -0.3 is 9.84 Å². The van der Waals surface area contributed by atoms with E-state index in [1.807, 2.05) is 0 Å². The maximum absolute atomic E-state index is 12.8. The minimum atomic E-state index is -0.984. The maximum atomic E-state index is 12.8. The summed E-state index contributed by atoms with van der Waals surface area (Å²) in [5.41, 5.74) is -0.382. The van der Waals surface area contributed by atoms with E-state index in [1.54, 1.807) is 12.1 Å². The summed E-state index contributed by atoms with van der Waals surface area (Å²) in [6, 6.07) is 6.04. The summed E-state index contributed by atoms with van der Waals surface area (Å²) in [5.74, 6) is -0.321. The SMILES string of the molecule is OC1(c2cccc(F)c2)CCOC1. The maximum Gasteiger partial charge on any atom is 0.123 e. The van der Waals surface area contributed by atoms with Crippen molar-refractivity contribution in [2.24, 2.45) is 0 Å². The van der Waals surface area contributed by atoms with Crippen LogP contribution in [0.15, 0.2) is 24.3 Å². The summed E-state index contributed by atoms with van der Waals surface area (Å²) in [6.07, 6.45) is 0.538. The van der Waals surface area contributed by atoms with Gasteiger partial charge in [-0.25, -0.2) is 4.39 Å². The van der Waals surface area contributed by atoms with Gasteiger partial charge in [-0.05, 0) is 17.7 Å². The van der Waals surface area contributed by atoms with Crippen molar-refractivity contribution in [1.82, 2.24) is 0 Å². The Bertz CT molecular complexity index is 306. The molecular weight excluding hydrogens is 171 g/mol. The van der Waals surface area contributed by atoms with Crippen LogP contribution in [-0.4, -0.2) is 18.3 Å². The molecule has 3 heteroatoms. The first-order valence-electron chi connectivity index (χ1n) is 4.27. The molecule has 1 unspecified atom stereocenters. The smallest absolute Gasteiger partial charge is 0.123 e. The molecule has 0 amide bonds. The summed E-state index contributed by atoms with van der Waals surface area (Å²) in [7, 11) is 0. The average Bonchev–Trinajstić information content (AvgIpc) is 2.54. The normalized spacial score (nSPS) is 27.8. The number of hydrogen-bond donors (Lipinski definition) is 1. The third-order valence-corrected chi connectivity index (χ3v) is 2.36. The lowest BCUT2D eigenvalue weighted by atomic mass is 9.93. The molecule has 0 aliphatic carbocycles. The molecule has 1 aliphatic rings. The van der Waals surface area contributed by atoms with Crippen molar-refractivity contribution < 1.29 is 14.2 Å². The van der Waals surface area contributed by atoms with E-state index in [0.29, 0.717) is 18.6 Å². The Kier molecular flexibility index (Phi) is 2.06. The standard InChI is InChI=1S/C10H11FO2/c11-9-3-1-2-8(6-9)10(12)4-5-13-7-10/h1-3,6,12H,4-5,7H2. The van der Waals surface area contributed by atoms with Crippen molar-refractivity contribution in [3.63, 3.8) is 0 Å². The van der Waals surface area contributed by atoms with Crippen LogP contribution in [0.5, 0.6) is 0 Å². The molecule has 1 saturated heterocycles. The van der Waals surface area contributed by atoms with Crippen LogP contribution < -0.4 is 0 Å². The zero-order valence-electron chi connectivity index (χ0n) is 7.16. The molecule has 1 aliphatic heterocycles. The number of ether oxygens (including phenoxy) is 1. The Hall–Kier alpha value is -0.930. The van der Waals surface area contributed by atoms with Crippen LogP contribution in [0.2, 0.25) is 0 Å². The Morgan fingerprint density at radius 2 is 2.31 bits per heavy atom. The Morgan fingerprint density at radius 1 is 1.46 bits per heavy atom. The van der Waals surface area contributed by atoms with E-state index in [1.165, 1.54) is 12.1 Å². The molecular formula is C10H11FO2. The highest BCUT2D eigenvalue weighted by molar-refractivity contribution is 5.24. The molecule has 0 bridgehead atoms. The molecule has 13 heavy (non-hydrogen) atoms. The minimum Gasteiger partial charge on any atom is -0.383 e. The zero-order valence-corrected chi connectivity index (χ0v) is 7.16. The van der Waals surface area contributed by atoms with Crippen molar-refractivity contribution in [3.05, 3.63) is 35.6 Å². The second-order valence-electron chi connectivity index (χ2n) is 3.34. The fourth-order valence-electron chi connectivity index (χ4n) is 1.56. The van der Waals surface area contributed by atoms with Gasteiger partial charge in [0.25, 0.3) is 0 Å². The Morgan fingerprint density at radius 3 is 2.92 bits per heavy atom. The predicted molar refractivity (Wildman–Crippen MR) is 45.7 cm³/mol. The van der Waals surface area contributed by atoms with E-state index in [4.69, 9.17) is 4.74 Å². The highest BCUT2D eigenvalue weighted by Crippen LogP contribution is 2.30. The van der Waals surface area contributed by atoms with Crippen molar-refractivity contribution in [2.45, 2.75) is 12.0 Å². The van der Waals surface area contributed by atoms with Crippen molar-refractivity contribution in [1.29, 1.82) is 0 Å². The van der Waals surface area contributed by atoms with Crippen LogP contribution in [0, 0.1) is 5.82 Å². The molecule has 0 radical (unpaired) electrons. The molecule has 1 aromatic carbocycles. The van der Waals surface area contributed by atoms with E-state index >= 15 is 0 Å². The van der Waals surface area contributed by atoms with E-state index in [9.17, 15) is 9.50 Å². The van der Waals surface area contributed by atoms with E-state index in [-0.39, 0.29) is 12.4 Å². The number of benzene rings is 1. The number of hydrogen-bond acceptors (Lipinski definition) is 2. The van der Waals surface area contributed by atoms with Crippen molar-refractivity contribution in [2.75, 3.05) is 13.2 Å². The molecule has 0 saturated carbocycles. The lowest BCUT2D eigenvalue weighted by Gasteiger charge is -2.20. The van der Waals surface area contributed by atoms with Gasteiger partial charge in [0.15, 0.2) is 0 Å². The van der Waals surface area contributed by atoms with Crippen molar-refractivity contribution in [3.8, 4) is 0 Å². The van der Waals surface area contributed by atoms with Gasteiger partial charge in [-0.3, -0.25) is 0 Å². The number of rotatable bonds is 1. The highest BCUT2D eigenvalue weighted by atomic mass is 19.1. The fraction of sp³-hybridized carbons (Fsp3) is 0.400. The monoisotopic (exact) mass is 182 g/mol. The summed E-state index contributed by atoms with van der Waals surface area (Å²) >= 11 is 0. The summed E-state index contributed by atoms with van der Waals surface area (Å²) in [4.78, 5) is 0. The predicted octanol–water partition coefficient (Wildman–Crippen LogP) is 1.43. The molecule has 2 nitrogen and oxygen atoms in total. The van der Waals surface area contributed by atoms with Gasteiger partial charge in [0.2, 0.25) is 0 Å². The van der Waals surface area contributed by atoms with E-state index in [0.717, 1.165) is 0 Å². The largest absolute Gasteiger partial charge is 0.383 e. The molecule has 1 aromatic rings. The third-order valence-electron chi connectivity index (χ3n) is 2.36. The molecule has 1 heterocycles. The average molecular weight is 182 g/mol. The highest BCUT2D eigenvalue weighted by Gasteiger charge is 2.34. The van der Waals surface area contributed by atoms with E-state index < -0.39 is 5.60 Å². The van der Waals surface area contributed by atoms with Crippen LogP contribution in [0.4, 0.5) is 4.39 Å². The Balaban J connectivity index is 2.33. The van der Waals surface area contributed by atoms with Gasteiger partial charge in [0.1, 0.15) is 11.4 Å². The summed E-state index contributed by atoms with van der Waals surface area (Å²) < 4.78 is 17.9. The molecule has 1 atom stereocenters. The third kappa shape index (κ3) is 1.57. The minimum absolute atomic E-state index is 0.260. The van der Waals surface area contributed by atoms with E-state index in [2.05, 4.69) is 0 Å². The van der Waals surface area contributed by atoms with Crippen LogP contribution in [0.25, 0.3) is 0 Å². The van der Waals surface area contributed by atoms with Crippen LogP contribution in [-0.2, 0) is 10.3 Å². The molecule has 0 spiro atoms. The lowest BCUT2D eigenvalue weighted by molar-refractivity contribution is 0.0229. The first kappa shape index (κ1) is 8.66. The second-order valence-corrected chi connectivity index (χ2v) is 3.34. The van der Waals surface area contributed by atoms with Gasteiger partial charge in [0.05, 0.1) is 6.61 Å². The van der Waals surface area contributed by atoms with Gasteiger partial charge in [-0.15, -0.1) is 0 Å². The second kappa shape index (κ2) is 3.09. The topological polar surface area (TPSA) is 29.5 Å².